The quantitative estimate of drug-likeness (QED) is 0.168. The van der Waals surface area contributed by atoms with Crippen molar-refractivity contribution in [2.24, 2.45) is 0 Å². The molecule has 0 aliphatic heterocycles. The van der Waals surface area contributed by atoms with Gasteiger partial charge in [-0.25, -0.2) is 0 Å². The van der Waals surface area contributed by atoms with E-state index in [4.69, 9.17) is 6.85 Å². The third-order valence-electron chi connectivity index (χ3n) is 10.4. The summed E-state index contributed by atoms with van der Waals surface area (Å²) in [5.74, 6) is 0. The number of benzene rings is 11. The summed E-state index contributed by atoms with van der Waals surface area (Å²) >= 11 is 0. The molecule has 0 aliphatic carbocycles. The molecule has 0 aromatic heterocycles. The zero-order valence-electron chi connectivity index (χ0n) is 34.7. The molecule has 0 saturated carbocycles. The van der Waals surface area contributed by atoms with Gasteiger partial charge >= 0.3 is 0 Å². The average Bonchev–Trinajstić information content (AvgIpc) is 3.25. The van der Waals surface area contributed by atoms with Crippen LogP contribution in [-0.4, -0.2) is 0 Å². The van der Waals surface area contributed by atoms with Gasteiger partial charge in [0, 0.05) is 0 Å². The predicted octanol–water partition coefficient (Wildman–Crippen LogP) is 14.1. The summed E-state index contributed by atoms with van der Waals surface area (Å²) in [5, 5.41) is 13.8. The minimum atomic E-state index is -0.553. The van der Waals surface area contributed by atoms with Gasteiger partial charge in [-0.2, -0.15) is 0 Å². The first-order valence-electron chi connectivity index (χ1n) is 20.8. The van der Waals surface area contributed by atoms with Gasteiger partial charge in [0.15, 0.2) is 0 Å². The summed E-state index contributed by atoms with van der Waals surface area (Å²) in [6.45, 7) is 0. The Kier molecular flexibility index (Phi) is 4.36. The standard InChI is InChI=1S/C50H30/c1-2-6-31(7-3-1)32-12-14-33(15-13-32)41-26-24-40(42-25-20-38-18-16-34-8-4-10-36-22-28-44(42)49(38)47(34)36)30-46(41)43-27-21-39-19-17-35-9-5-11-37-23-29-45(43)50(39)48(35)37/h1-30H/i1D,2D,3D,6D,7D,12D,13D,14D. The number of rotatable bonds is 4. The lowest BCUT2D eigenvalue weighted by Crippen LogP contribution is -1.92. The molecule has 0 heteroatoms. The van der Waals surface area contributed by atoms with Gasteiger partial charge in [0.05, 0.1) is 11.0 Å². The molecule has 0 unspecified atom stereocenters. The van der Waals surface area contributed by atoms with E-state index >= 15 is 0 Å². The van der Waals surface area contributed by atoms with Gasteiger partial charge in [-0.3, -0.25) is 0 Å². The molecule has 0 amide bonds. The molecule has 0 fully saturated rings. The third-order valence-corrected chi connectivity index (χ3v) is 10.4. The van der Waals surface area contributed by atoms with Crippen LogP contribution in [0, 0.1) is 0 Å². The molecule has 11 aromatic carbocycles. The molecule has 0 atom stereocenters. The van der Waals surface area contributed by atoms with E-state index < -0.39 is 30.2 Å². The van der Waals surface area contributed by atoms with Gasteiger partial charge in [0.2, 0.25) is 0 Å². The van der Waals surface area contributed by atoms with Gasteiger partial charge < -0.3 is 0 Å². The Morgan fingerprint density at radius 1 is 0.280 bits per heavy atom. The molecule has 50 heavy (non-hydrogen) atoms. The van der Waals surface area contributed by atoms with E-state index in [0.717, 1.165) is 60.0 Å². The van der Waals surface area contributed by atoms with Crippen LogP contribution in [0.15, 0.2) is 182 Å². The fourth-order valence-corrected chi connectivity index (χ4v) is 8.13. The van der Waals surface area contributed by atoms with Crippen molar-refractivity contribution in [2.45, 2.75) is 0 Å². The average molecular weight is 639 g/mol. The highest BCUT2D eigenvalue weighted by Crippen LogP contribution is 2.45. The minimum Gasteiger partial charge on any atom is -0.0622 e. The van der Waals surface area contributed by atoms with Crippen LogP contribution in [0.3, 0.4) is 0 Å². The molecule has 11 aromatic rings. The first-order chi connectivity index (χ1) is 28.1. The first kappa shape index (κ1) is 20.8. The van der Waals surface area contributed by atoms with Crippen molar-refractivity contribution >= 4 is 64.6 Å². The van der Waals surface area contributed by atoms with Gasteiger partial charge in [0.1, 0.15) is 0 Å². The maximum absolute atomic E-state index is 9.42. The zero-order chi connectivity index (χ0) is 39.7. The monoisotopic (exact) mass is 638 g/mol. The Morgan fingerprint density at radius 2 is 0.760 bits per heavy atom. The van der Waals surface area contributed by atoms with Crippen molar-refractivity contribution in [3.05, 3.63) is 182 Å². The highest BCUT2D eigenvalue weighted by atomic mass is 14.2. The second-order valence-corrected chi connectivity index (χ2v) is 13.0. The van der Waals surface area contributed by atoms with Crippen molar-refractivity contribution in [1.29, 1.82) is 0 Å². The summed E-state index contributed by atoms with van der Waals surface area (Å²) in [6, 6.07) is 42.8. The van der Waals surface area contributed by atoms with Crippen LogP contribution in [0.2, 0.25) is 0 Å². The van der Waals surface area contributed by atoms with Crippen molar-refractivity contribution in [2.75, 3.05) is 0 Å². The summed E-state index contributed by atoms with van der Waals surface area (Å²) in [4.78, 5) is 0. The third kappa shape index (κ3) is 4.00. The van der Waals surface area contributed by atoms with Crippen LogP contribution in [0.1, 0.15) is 11.0 Å². The molecule has 0 spiro atoms. The first-order valence-corrected chi connectivity index (χ1v) is 16.8. The summed E-state index contributed by atoms with van der Waals surface area (Å²) in [7, 11) is 0. The van der Waals surface area contributed by atoms with Gasteiger partial charge in [-0.1, -0.05) is 176 Å². The Labute approximate surface area is 301 Å². The van der Waals surface area contributed by atoms with E-state index in [0.29, 0.717) is 11.1 Å². The molecular weight excluding hydrogens is 601 g/mol. The SMILES string of the molecule is [2H]c1cc(-c2ccc(-c3ccc4ccc5cccc6ccc3c4c56)cc2-c2ccc3ccc4cccc5ccc2c3c45)c([2H])c([2H])c1-c1c([2H])c([2H])c([2H])c([2H])c1[2H]. The molecule has 0 bridgehead atoms. The molecule has 0 N–H and O–H groups in total. The molecule has 0 radical (unpaired) electrons. The number of hydrogen-bond acceptors (Lipinski definition) is 0. The van der Waals surface area contributed by atoms with E-state index in [9.17, 15) is 4.11 Å². The van der Waals surface area contributed by atoms with Gasteiger partial charge in [0.25, 0.3) is 0 Å². The minimum absolute atomic E-state index is 0.166. The van der Waals surface area contributed by atoms with E-state index in [1.807, 2.05) is 12.1 Å². The highest BCUT2D eigenvalue weighted by molar-refractivity contribution is 6.27. The fourth-order valence-electron chi connectivity index (χ4n) is 8.13. The van der Waals surface area contributed by atoms with E-state index in [2.05, 4.69) is 115 Å². The van der Waals surface area contributed by atoms with Crippen LogP contribution < -0.4 is 0 Å². The second-order valence-electron chi connectivity index (χ2n) is 13.0. The molecular formula is C50H30. The van der Waals surface area contributed by atoms with Crippen molar-refractivity contribution in [3.8, 4) is 44.5 Å². The van der Waals surface area contributed by atoms with Crippen molar-refractivity contribution in [1.82, 2.24) is 0 Å². The van der Waals surface area contributed by atoms with E-state index in [-0.39, 0.29) is 29.3 Å². The van der Waals surface area contributed by atoms with Gasteiger partial charge in [-0.15, -0.1) is 0 Å². The maximum atomic E-state index is 9.42. The lowest BCUT2D eigenvalue weighted by molar-refractivity contribution is 1.58. The molecule has 0 nitrogen and oxygen atoms in total. The molecule has 0 aliphatic rings. The van der Waals surface area contributed by atoms with Gasteiger partial charge in [-0.05, 0) is 115 Å². The maximum Gasteiger partial charge on any atom is 0.0629 e. The lowest BCUT2D eigenvalue weighted by Gasteiger charge is -2.19. The normalized spacial score (nSPS) is 14.2. The van der Waals surface area contributed by atoms with Crippen molar-refractivity contribution < 1.29 is 11.0 Å². The Morgan fingerprint density at radius 3 is 1.40 bits per heavy atom. The summed E-state index contributed by atoms with van der Waals surface area (Å²) in [6.07, 6.45) is 0. The molecule has 230 valence electrons. The highest BCUT2D eigenvalue weighted by Gasteiger charge is 2.18. The predicted molar refractivity (Wildman–Crippen MR) is 216 cm³/mol. The Hall–Kier alpha value is -6.50. The Bertz CT molecular complexity index is 3490. The lowest BCUT2D eigenvalue weighted by atomic mass is 9.84. The number of hydrogen-bond donors (Lipinski definition) is 0. The van der Waals surface area contributed by atoms with Crippen LogP contribution in [0.5, 0.6) is 0 Å². The van der Waals surface area contributed by atoms with E-state index in [1.54, 1.807) is 0 Å². The van der Waals surface area contributed by atoms with Crippen LogP contribution in [0.4, 0.5) is 0 Å². The largest absolute Gasteiger partial charge is 0.0629 e. The zero-order valence-corrected chi connectivity index (χ0v) is 26.7. The van der Waals surface area contributed by atoms with Crippen LogP contribution in [-0.2, 0) is 0 Å². The summed E-state index contributed by atoms with van der Waals surface area (Å²) in [5.41, 5.74) is 4.36. The van der Waals surface area contributed by atoms with E-state index in [1.165, 1.54) is 33.0 Å². The van der Waals surface area contributed by atoms with Crippen LogP contribution >= 0.6 is 0 Å². The molecule has 11 rings (SSSR count). The summed E-state index contributed by atoms with van der Waals surface area (Å²) < 4.78 is 69.6. The topological polar surface area (TPSA) is 0 Å². The van der Waals surface area contributed by atoms with Crippen molar-refractivity contribution in [3.63, 3.8) is 0 Å². The molecule has 0 saturated heterocycles. The second kappa shape index (κ2) is 10.5. The Balaban J connectivity index is 1.21. The smallest absolute Gasteiger partial charge is 0.0622 e. The fraction of sp³-hybridized carbons (Fsp3) is 0. The molecule has 0 heterocycles. The van der Waals surface area contributed by atoms with Crippen LogP contribution in [0.25, 0.3) is 109 Å².